The summed E-state index contributed by atoms with van der Waals surface area (Å²) < 4.78 is 18.9. The molecule has 1 fully saturated rings. The van der Waals surface area contributed by atoms with Crippen LogP contribution in [0.3, 0.4) is 0 Å². The number of nitrogens with one attached hydrogen (secondary N) is 1. The van der Waals surface area contributed by atoms with Crippen LogP contribution < -0.4 is 10.1 Å². The van der Waals surface area contributed by atoms with Crippen LogP contribution in [0.15, 0.2) is 18.2 Å². The molecule has 0 radical (unpaired) electrons. The van der Waals surface area contributed by atoms with Crippen molar-refractivity contribution < 1.29 is 13.9 Å². The van der Waals surface area contributed by atoms with E-state index in [1.807, 2.05) is 11.8 Å². The Morgan fingerprint density at radius 1 is 1.29 bits per heavy atom. The minimum absolute atomic E-state index is 0.0752. The van der Waals surface area contributed by atoms with Crippen LogP contribution in [-0.2, 0) is 4.79 Å². The molecule has 1 aromatic rings. The highest BCUT2D eigenvalue weighted by atomic mass is 19.1. The van der Waals surface area contributed by atoms with Crippen molar-refractivity contribution in [3.63, 3.8) is 0 Å². The topological polar surface area (TPSA) is 41.6 Å². The first kappa shape index (κ1) is 15.6. The van der Waals surface area contributed by atoms with E-state index in [4.69, 9.17) is 4.74 Å². The fourth-order valence-corrected chi connectivity index (χ4v) is 2.49. The van der Waals surface area contributed by atoms with E-state index in [1.165, 1.54) is 18.9 Å². The number of hydrogen-bond donors (Lipinski definition) is 1. The van der Waals surface area contributed by atoms with E-state index in [0.717, 1.165) is 25.9 Å². The van der Waals surface area contributed by atoms with Crippen molar-refractivity contribution in [2.75, 3.05) is 31.6 Å². The maximum atomic E-state index is 13.7. The highest BCUT2D eigenvalue weighted by Crippen LogP contribution is 2.21. The summed E-state index contributed by atoms with van der Waals surface area (Å²) in [5.41, 5.74) is 0.596. The van der Waals surface area contributed by atoms with Crippen LogP contribution in [0.25, 0.3) is 0 Å². The molecule has 4 nitrogen and oxygen atoms in total. The molecule has 1 N–H and O–H groups in total. The van der Waals surface area contributed by atoms with Crippen LogP contribution in [0.4, 0.5) is 10.1 Å². The van der Waals surface area contributed by atoms with E-state index in [0.29, 0.717) is 12.3 Å². The molecular formula is C16H23FN2O2. The lowest BCUT2D eigenvalue weighted by molar-refractivity contribution is -0.129. The van der Waals surface area contributed by atoms with E-state index in [2.05, 4.69) is 5.32 Å². The Bertz CT molecular complexity index is 471. The summed E-state index contributed by atoms with van der Waals surface area (Å²) in [5.74, 6) is -0.0999. The Morgan fingerprint density at radius 2 is 2.00 bits per heavy atom. The summed E-state index contributed by atoms with van der Waals surface area (Å²) in [5, 5.41) is 2.99. The fraction of sp³-hybridized carbons (Fsp3) is 0.562. The van der Waals surface area contributed by atoms with Gasteiger partial charge in [-0.1, -0.05) is 12.8 Å². The number of carbonyl (C=O) groups excluding carboxylic acids is 1. The normalized spacial score (nSPS) is 15.4. The first-order valence-corrected chi connectivity index (χ1v) is 7.64. The smallest absolute Gasteiger partial charge is 0.241 e. The Labute approximate surface area is 125 Å². The number of rotatable bonds is 5. The van der Waals surface area contributed by atoms with Gasteiger partial charge in [0.2, 0.25) is 5.91 Å². The van der Waals surface area contributed by atoms with E-state index < -0.39 is 5.82 Å². The van der Waals surface area contributed by atoms with Crippen molar-refractivity contribution in [1.29, 1.82) is 0 Å². The van der Waals surface area contributed by atoms with Gasteiger partial charge < -0.3 is 15.0 Å². The molecule has 0 aliphatic carbocycles. The highest BCUT2D eigenvalue weighted by Gasteiger charge is 2.15. The Kier molecular flexibility index (Phi) is 5.84. The molecule has 0 aromatic heterocycles. The second kappa shape index (κ2) is 7.86. The molecule has 0 spiro atoms. The van der Waals surface area contributed by atoms with Crippen molar-refractivity contribution in [1.82, 2.24) is 4.90 Å². The van der Waals surface area contributed by atoms with Crippen LogP contribution in [0.2, 0.25) is 0 Å². The number of carbonyl (C=O) groups is 1. The third-order valence-electron chi connectivity index (χ3n) is 3.63. The monoisotopic (exact) mass is 294 g/mol. The number of nitrogens with zero attached hydrogens (tertiary/aromatic N) is 1. The van der Waals surface area contributed by atoms with Crippen LogP contribution in [-0.4, -0.2) is 37.0 Å². The van der Waals surface area contributed by atoms with Gasteiger partial charge in [-0.25, -0.2) is 4.39 Å². The van der Waals surface area contributed by atoms with Gasteiger partial charge in [0, 0.05) is 24.8 Å². The number of amides is 1. The summed E-state index contributed by atoms with van der Waals surface area (Å²) in [6.07, 6.45) is 4.54. The molecule has 1 aromatic carbocycles. The Hall–Kier alpha value is -1.78. The molecule has 0 saturated carbocycles. The maximum absolute atomic E-state index is 13.7. The lowest BCUT2D eigenvalue weighted by Gasteiger charge is -2.20. The van der Waals surface area contributed by atoms with Crippen molar-refractivity contribution in [2.45, 2.75) is 32.6 Å². The third-order valence-corrected chi connectivity index (χ3v) is 3.63. The zero-order valence-electron chi connectivity index (χ0n) is 12.5. The second-order valence-electron chi connectivity index (χ2n) is 5.23. The van der Waals surface area contributed by atoms with Crippen LogP contribution in [0, 0.1) is 5.82 Å². The predicted octanol–water partition coefficient (Wildman–Crippen LogP) is 3.04. The molecule has 1 aliphatic rings. The summed E-state index contributed by atoms with van der Waals surface area (Å²) in [6.45, 7) is 4.10. The number of benzene rings is 1. The Morgan fingerprint density at radius 3 is 2.62 bits per heavy atom. The molecule has 5 heteroatoms. The Balaban J connectivity index is 1.87. The number of hydrogen-bond acceptors (Lipinski definition) is 3. The minimum atomic E-state index is -0.413. The standard InChI is InChI=1S/C16H23FN2O2/c1-2-21-15-8-7-13(11-14(15)17)18-12-16(20)19-9-5-3-4-6-10-19/h7-8,11,18H,2-6,9-10,12H2,1H3. The molecule has 0 unspecified atom stereocenters. The molecule has 1 amide bonds. The zero-order chi connectivity index (χ0) is 15.1. The van der Waals surface area contributed by atoms with Gasteiger partial charge in [0.25, 0.3) is 0 Å². The van der Waals surface area contributed by atoms with Gasteiger partial charge in [0.15, 0.2) is 11.6 Å². The predicted molar refractivity (Wildman–Crippen MR) is 81.1 cm³/mol. The molecule has 21 heavy (non-hydrogen) atoms. The highest BCUT2D eigenvalue weighted by molar-refractivity contribution is 5.80. The average Bonchev–Trinajstić information content (AvgIpc) is 2.76. The van der Waals surface area contributed by atoms with Gasteiger partial charge in [-0.3, -0.25) is 4.79 Å². The molecule has 1 saturated heterocycles. The van der Waals surface area contributed by atoms with E-state index in [1.54, 1.807) is 12.1 Å². The molecule has 1 aliphatic heterocycles. The molecular weight excluding hydrogens is 271 g/mol. The van der Waals surface area contributed by atoms with Gasteiger partial charge in [-0.2, -0.15) is 0 Å². The summed E-state index contributed by atoms with van der Waals surface area (Å²) >= 11 is 0. The van der Waals surface area contributed by atoms with E-state index in [9.17, 15) is 9.18 Å². The second-order valence-corrected chi connectivity index (χ2v) is 5.23. The van der Waals surface area contributed by atoms with E-state index >= 15 is 0 Å². The van der Waals surface area contributed by atoms with E-state index in [-0.39, 0.29) is 18.2 Å². The summed E-state index contributed by atoms with van der Waals surface area (Å²) in [7, 11) is 0. The quantitative estimate of drug-likeness (QED) is 0.907. The molecule has 0 atom stereocenters. The van der Waals surface area contributed by atoms with Gasteiger partial charge in [0.05, 0.1) is 13.2 Å². The molecule has 116 valence electrons. The van der Waals surface area contributed by atoms with Crippen LogP contribution in [0.1, 0.15) is 32.6 Å². The maximum Gasteiger partial charge on any atom is 0.241 e. The minimum Gasteiger partial charge on any atom is -0.491 e. The first-order valence-electron chi connectivity index (χ1n) is 7.64. The van der Waals surface area contributed by atoms with Gasteiger partial charge >= 0.3 is 0 Å². The van der Waals surface area contributed by atoms with Gasteiger partial charge in [-0.05, 0) is 31.9 Å². The summed E-state index contributed by atoms with van der Waals surface area (Å²) in [4.78, 5) is 14.0. The van der Waals surface area contributed by atoms with Gasteiger partial charge in [-0.15, -0.1) is 0 Å². The number of ether oxygens (including phenoxy) is 1. The SMILES string of the molecule is CCOc1ccc(NCC(=O)N2CCCCCC2)cc1F. The number of halogens is 1. The average molecular weight is 294 g/mol. The van der Waals surface area contributed by atoms with Crippen molar-refractivity contribution in [3.8, 4) is 5.75 Å². The van der Waals surface area contributed by atoms with Crippen LogP contribution in [0.5, 0.6) is 5.75 Å². The zero-order valence-corrected chi connectivity index (χ0v) is 12.5. The largest absolute Gasteiger partial charge is 0.491 e. The molecule has 1 heterocycles. The third kappa shape index (κ3) is 4.62. The lowest BCUT2D eigenvalue weighted by Crippen LogP contribution is -2.36. The van der Waals surface area contributed by atoms with Crippen molar-refractivity contribution in [3.05, 3.63) is 24.0 Å². The first-order chi connectivity index (χ1) is 10.2. The molecule has 2 rings (SSSR count). The number of anilines is 1. The number of likely N-dealkylation sites (tertiary alicyclic amines) is 1. The van der Waals surface area contributed by atoms with Gasteiger partial charge in [0.1, 0.15) is 0 Å². The fourth-order valence-electron chi connectivity index (χ4n) is 2.49. The van der Waals surface area contributed by atoms with Crippen molar-refractivity contribution >= 4 is 11.6 Å². The van der Waals surface area contributed by atoms with Crippen molar-refractivity contribution in [2.24, 2.45) is 0 Å². The summed E-state index contributed by atoms with van der Waals surface area (Å²) in [6, 6.07) is 4.67. The lowest BCUT2D eigenvalue weighted by atomic mass is 10.2. The van der Waals surface area contributed by atoms with Crippen LogP contribution >= 0.6 is 0 Å². The molecule has 0 bridgehead atoms.